The number of imidazole rings is 1. The molecule has 2 heterocycles. The molecule has 0 spiro atoms. The third-order valence-electron chi connectivity index (χ3n) is 2.55. The number of hydrogen-bond acceptors (Lipinski definition) is 4. The van der Waals surface area contributed by atoms with Crippen LogP contribution in [0.15, 0.2) is 11.0 Å². The highest BCUT2D eigenvalue weighted by Crippen LogP contribution is 2.25. The van der Waals surface area contributed by atoms with Crippen LogP contribution in [-0.2, 0) is 14.1 Å². The first-order chi connectivity index (χ1) is 7.57. The first kappa shape index (κ1) is 10.5. The number of fused-ring (bicyclic) bond motifs is 1. The average Bonchev–Trinajstić information content (AvgIpc) is 2.49. The molecule has 2 aromatic rings. The molecule has 0 atom stereocenters. The van der Waals surface area contributed by atoms with Gasteiger partial charge in [0, 0.05) is 14.1 Å². The van der Waals surface area contributed by atoms with Crippen LogP contribution in [0.1, 0.15) is 6.92 Å². The Morgan fingerprint density at radius 2 is 2.00 bits per heavy atom. The lowest BCUT2D eigenvalue weighted by atomic mass is 10.3. The Bertz CT molecular complexity index is 597. The van der Waals surface area contributed by atoms with Crippen LogP contribution >= 0.6 is 0 Å². The van der Waals surface area contributed by atoms with Crippen LogP contribution in [0.5, 0.6) is 5.88 Å². The average molecular weight is 222 g/mol. The van der Waals surface area contributed by atoms with E-state index in [1.807, 2.05) is 6.92 Å². The monoisotopic (exact) mass is 222 g/mol. The van der Waals surface area contributed by atoms with Crippen LogP contribution in [-0.4, -0.2) is 20.7 Å². The summed E-state index contributed by atoms with van der Waals surface area (Å²) >= 11 is 0. The highest BCUT2D eigenvalue weighted by atomic mass is 16.5. The van der Waals surface area contributed by atoms with Crippen LogP contribution in [0.2, 0.25) is 0 Å². The number of rotatable bonds is 2. The highest BCUT2D eigenvalue weighted by Gasteiger charge is 2.16. The summed E-state index contributed by atoms with van der Waals surface area (Å²) in [5.41, 5.74) is 7.43. The van der Waals surface area contributed by atoms with Gasteiger partial charge in [-0.05, 0) is 6.92 Å². The number of anilines is 1. The van der Waals surface area contributed by atoms with Crippen LogP contribution in [0.4, 0.5) is 5.69 Å². The Balaban J connectivity index is 2.93. The van der Waals surface area contributed by atoms with E-state index in [0.29, 0.717) is 29.2 Å². The molecule has 0 bridgehead atoms. The summed E-state index contributed by atoms with van der Waals surface area (Å²) in [4.78, 5) is 15.9. The van der Waals surface area contributed by atoms with Gasteiger partial charge in [0.2, 0.25) is 5.88 Å². The zero-order valence-corrected chi connectivity index (χ0v) is 9.52. The third kappa shape index (κ3) is 1.26. The molecule has 0 saturated carbocycles. The van der Waals surface area contributed by atoms with Crippen LogP contribution < -0.4 is 16.2 Å². The molecule has 2 rings (SSSR count). The van der Waals surface area contributed by atoms with Gasteiger partial charge in [0.05, 0.1) is 24.0 Å². The van der Waals surface area contributed by atoms with Crippen molar-refractivity contribution in [2.75, 3.05) is 12.3 Å². The molecule has 0 aromatic carbocycles. The molecule has 2 N–H and O–H groups in total. The third-order valence-corrected chi connectivity index (χ3v) is 2.55. The Hall–Kier alpha value is -1.98. The second-order valence-corrected chi connectivity index (χ2v) is 3.55. The van der Waals surface area contributed by atoms with Gasteiger partial charge in [-0.2, -0.15) is 0 Å². The van der Waals surface area contributed by atoms with E-state index >= 15 is 0 Å². The molecule has 0 saturated heterocycles. The molecule has 0 fully saturated rings. The maximum absolute atomic E-state index is 11.8. The summed E-state index contributed by atoms with van der Waals surface area (Å²) < 4.78 is 8.37. The van der Waals surface area contributed by atoms with E-state index in [9.17, 15) is 4.79 Å². The maximum Gasteiger partial charge on any atom is 0.328 e. The van der Waals surface area contributed by atoms with Crippen LogP contribution in [0.3, 0.4) is 0 Å². The first-order valence-electron chi connectivity index (χ1n) is 5.00. The van der Waals surface area contributed by atoms with Gasteiger partial charge in [-0.25, -0.2) is 9.78 Å². The first-order valence-corrected chi connectivity index (χ1v) is 5.00. The van der Waals surface area contributed by atoms with Crippen molar-refractivity contribution in [2.24, 2.45) is 14.1 Å². The summed E-state index contributed by atoms with van der Waals surface area (Å²) in [7, 11) is 3.35. The maximum atomic E-state index is 11.8. The van der Waals surface area contributed by atoms with E-state index in [1.165, 1.54) is 15.3 Å². The molecule has 0 aliphatic carbocycles. The van der Waals surface area contributed by atoms with Crippen molar-refractivity contribution in [1.82, 2.24) is 14.1 Å². The van der Waals surface area contributed by atoms with Crippen LogP contribution in [0.25, 0.3) is 11.0 Å². The normalized spacial score (nSPS) is 10.9. The Kier molecular flexibility index (Phi) is 2.34. The van der Waals surface area contributed by atoms with Crippen molar-refractivity contribution in [2.45, 2.75) is 6.92 Å². The minimum atomic E-state index is -0.143. The van der Waals surface area contributed by atoms with Gasteiger partial charge in [-0.15, -0.1) is 0 Å². The Morgan fingerprint density at radius 1 is 1.38 bits per heavy atom. The summed E-state index contributed by atoms with van der Waals surface area (Å²) in [5, 5.41) is 0. The number of nitrogens with two attached hydrogens (primary N) is 1. The largest absolute Gasteiger partial charge is 0.476 e. The lowest BCUT2D eigenvalue weighted by Crippen LogP contribution is -2.19. The van der Waals surface area contributed by atoms with Crippen molar-refractivity contribution >= 4 is 16.7 Å². The van der Waals surface area contributed by atoms with E-state index in [1.54, 1.807) is 14.1 Å². The Morgan fingerprint density at radius 3 is 2.62 bits per heavy atom. The molecule has 0 aliphatic heterocycles. The van der Waals surface area contributed by atoms with E-state index in [0.717, 1.165) is 0 Å². The SMILES string of the molecule is CCOc1ncc(N)c2c1n(C)c(=O)n2C. The smallest absolute Gasteiger partial charge is 0.328 e. The van der Waals surface area contributed by atoms with Crippen molar-refractivity contribution in [3.63, 3.8) is 0 Å². The molecule has 0 radical (unpaired) electrons. The van der Waals surface area contributed by atoms with E-state index < -0.39 is 0 Å². The molecule has 0 aliphatic rings. The molecule has 86 valence electrons. The zero-order valence-electron chi connectivity index (χ0n) is 9.52. The lowest BCUT2D eigenvalue weighted by molar-refractivity contribution is 0.330. The molecule has 2 aromatic heterocycles. The number of ether oxygens (including phenoxy) is 1. The fourth-order valence-corrected chi connectivity index (χ4v) is 1.80. The van der Waals surface area contributed by atoms with Crippen LogP contribution in [0, 0.1) is 0 Å². The number of aromatic nitrogens is 3. The Labute approximate surface area is 92.3 Å². The van der Waals surface area contributed by atoms with E-state index in [-0.39, 0.29) is 5.69 Å². The molecular weight excluding hydrogens is 208 g/mol. The topological polar surface area (TPSA) is 75.1 Å². The number of nitrogen functional groups attached to an aromatic ring is 1. The van der Waals surface area contributed by atoms with E-state index in [4.69, 9.17) is 10.5 Å². The zero-order chi connectivity index (χ0) is 11.9. The van der Waals surface area contributed by atoms with Gasteiger partial charge in [0.25, 0.3) is 0 Å². The van der Waals surface area contributed by atoms with Gasteiger partial charge >= 0.3 is 5.69 Å². The summed E-state index contributed by atoms with van der Waals surface area (Å²) in [6, 6.07) is 0. The molecule has 6 nitrogen and oxygen atoms in total. The van der Waals surface area contributed by atoms with Gasteiger partial charge in [-0.1, -0.05) is 0 Å². The lowest BCUT2D eigenvalue weighted by Gasteiger charge is -2.06. The van der Waals surface area contributed by atoms with Crippen molar-refractivity contribution in [1.29, 1.82) is 0 Å². The van der Waals surface area contributed by atoms with E-state index in [2.05, 4.69) is 4.98 Å². The predicted molar refractivity (Wildman–Crippen MR) is 61.5 cm³/mol. The van der Waals surface area contributed by atoms with Gasteiger partial charge in [0.1, 0.15) is 5.52 Å². The number of nitrogens with zero attached hydrogens (tertiary/aromatic N) is 3. The summed E-state index contributed by atoms with van der Waals surface area (Å²) in [5.74, 6) is 0.437. The second-order valence-electron chi connectivity index (χ2n) is 3.55. The van der Waals surface area contributed by atoms with Gasteiger partial charge in [-0.3, -0.25) is 9.13 Å². The second kappa shape index (κ2) is 3.55. The molecule has 6 heteroatoms. The minimum absolute atomic E-state index is 0.143. The minimum Gasteiger partial charge on any atom is -0.476 e. The van der Waals surface area contributed by atoms with Gasteiger partial charge in [0.15, 0.2) is 0 Å². The summed E-state index contributed by atoms with van der Waals surface area (Å²) in [6.45, 7) is 2.36. The van der Waals surface area contributed by atoms with Gasteiger partial charge < -0.3 is 10.5 Å². The fourth-order valence-electron chi connectivity index (χ4n) is 1.80. The predicted octanol–water partition coefficient (Wildman–Crippen LogP) is 0.253. The number of pyridine rings is 1. The highest BCUT2D eigenvalue weighted by molar-refractivity contribution is 5.90. The number of hydrogen-bond donors (Lipinski definition) is 1. The quantitative estimate of drug-likeness (QED) is 0.790. The standard InChI is InChI=1S/C10H14N4O2/c1-4-16-9-8-7(6(11)5-12-9)13(2)10(15)14(8)3/h5H,4,11H2,1-3H3. The van der Waals surface area contributed by atoms with Crippen molar-refractivity contribution in [3.8, 4) is 5.88 Å². The molecule has 16 heavy (non-hydrogen) atoms. The molecule has 0 amide bonds. The molecule has 0 unspecified atom stereocenters. The molecular formula is C10H14N4O2. The fraction of sp³-hybridized carbons (Fsp3) is 0.400. The van der Waals surface area contributed by atoms with Crippen molar-refractivity contribution in [3.05, 3.63) is 16.7 Å². The van der Waals surface area contributed by atoms with Crippen molar-refractivity contribution < 1.29 is 4.74 Å². The summed E-state index contributed by atoms with van der Waals surface area (Å²) in [6.07, 6.45) is 1.51. The number of aryl methyl sites for hydroxylation is 2.